The number of rotatable bonds is 6. The maximum Gasteiger partial charge on any atom is 2.00 e. The average Bonchev–Trinajstić information content (AvgIpc) is 2.38. The molecule has 0 saturated carbocycles. The summed E-state index contributed by atoms with van der Waals surface area (Å²) in [5.41, 5.74) is 0. The molecule has 5 heteroatoms. The second-order valence-electron chi connectivity index (χ2n) is 4.09. The molecule has 0 atom stereocenters. The molecule has 0 bridgehead atoms. The van der Waals surface area contributed by atoms with Crippen molar-refractivity contribution in [1.29, 1.82) is 0 Å². The quantitative estimate of drug-likeness (QED) is 0.366. The Bertz CT molecular complexity index is 345. The summed E-state index contributed by atoms with van der Waals surface area (Å²) in [6.07, 6.45) is 7.79. The van der Waals surface area contributed by atoms with Crippen LogP contribution in [-0.2, 0) is 9.59 Å². The second-order valence-corrected chi connectivity index (χ2v) is 4.09. The van der Waals surface area contributed by atoms with Gasteiger partial charge in [0.05, 0.1) is 0 Å². The van der Waals surface area contributed by atoms with E-state index < -0.39 is 11.9 Å². The topological polar surface area (TPSA) is 80.3 Å². The maximum absolute atomic E-state index is 9.75. The van der Waals surface area contributed by atoms with Crippen molar-refractivity contribution in [3.8, 4) is 23.7 Å². The van der Waals surface area contributed by atoms with E-state index in [4.69, 9.17) is 0 Å². The van der Waals surface area contributed by atoms with Gasteiger partial charge in [0.15, 0.2) is 0 Å². The van der Waals surface area contributed by atoms with Gasteiger partial charge in [-0.15, -0.1) is 0 Å². The molecule has 0 fully saturated rings. The fourth-order valence-corrected chi connectivity index (χ4v) is 1.20. The number of aliphatic carboxylic acids is 2. The van der Waals surface area contributed by atoms with Gasteiger partial charge in [0, 0.05) is 12.8 Å². The molecule has 0 amide bonds. The van der Waals surface area contributed by atoms with Crippen LogP contribution in [-0.4, -0.2) is 35.8 Å². The van der Waals surface area contributed by atoms with Gasteiger partial charge in [-0.1, -0.05) is 51.4 Å². The molecule has 0 spiro atoms. The van der Waals surface area contributed by atoms with Crippen molar-refractivity contribution in [2.24, 2.45) is 0 Å². The van der Waals surface area contributed by atoms with Gasteiger partial charge >= 0.3 is 23.9 Å². The van der Waals surface area contributed by atoms with Crippen LogP contribution in [0, 0.1) is 23.7 Å². The number of carboxylic acid groups (broad SMARTS) is 2. The van der Waals surface area contributed by atoms with Crippen molar-refractivity contribution in [3.63, 3.8) is 0 Å². The normalized spacial score (nSPS) is 7.71. The number of unbranched alkanes of at least 4 members (excludes halogenated alkanes) is 6. The van der Waals surface area contributed by atoms with E-state index in [9.17, 15) is 19.8 Å². The molecular weight excluding hydrogens is 375 g/mol. The molecule has 0 aromatic carbocycles. The minimum atomic E-state index is -1.28. The third-order valence-electron chi connectivity index (χ3n) is 2.19. The van der Waals surface area contributed by atoms with E-state index in [1.807, 2.05) is 11.8 Å². The van der Waals surface area contributed by atoms with Gasteiger partial charge in [-0.2, -0.15) is 0 Å². The Balaban J connectivity index is -0.000000295. The third-order valence-corrected chi connectivity index (χ3v) is 2.19. The zero-order valence-electron chi connectivity index (χ0n) is 12.8. The Morgan fingerprint density at radius 2 is 1.10 bits per heavy atom. The maximum atomic E-state index is 9.75. The fraction of sp³-hybridized carbons (Fsp3) is 0.625. The van der Waals surface area contributed by atoms with E-state index in [1.165, 1.54) is 0 Å². The molecule has 0 heterocycles. The third kappa shape index (κ3) is 32.4. The van der Waals surface area contributed by atoms with Crippen LogP contribution in [0.2, 0.25) is 0 Å². The molecule has 0 aliphatic heterocycles. The standard InChI is InChI=1S/2C8H12O2.Sn/c2*1-2-3-4-5-6-7-8(9)10;/h2*2-5H2,1H3,(H,9,10);/q;;+2/p-2. The first-order valence-corrected chi connectivity index (χ1v) is 6.94. The summed E-state index contributed by atoms with van der Waals surface area (Å²) < 4.78 is 0. The number of hydrogen-bond donors (Lipinski definition) is 0. The zero-order chi connectivity index (χ0) is 15.6. The second kappa shape index (κ2) is 21.2. The molecule has 2 radical (unpaired) electrons. The first kappa shape index (κ1) is 24.8. The average molecular weight is 397 g/mol. The molecular formula is C16H22O4Sn. The van der Waals surface area contributed by atoms with Crippen molar-refractivity contribution in [3.05, 3.63) is 0 Å². The summed E-state index contributed by atoms with van der Waals surface area (Å²) in [5.74, 6) is 6.37. The van der Waals surface area contributed by atoms with Gasteiger partial charge in [0.2, 0.25) is 0 Å². The van der Waals surface area contributed by atoms with Crippen LogP contribution in [0.25, 0.3) is 0 Å². The molecule has 0 aliphatic rings. The van der Waals surface area contributed by atoms with Crippen LogP contribution < -0.4 is 10.2 Å². The largest absolute Gasteiger partial charge is 2.00 e. The Morgan fingerprint density at radius 1 is 0.762 bits per heavy atom. The van der Waals surface area contributed by atoms with Crippen molar-refractivity contribution in [1.82, 2.24) is 0 Å². The van der Waals surface area contributed by atoms with Crippen LogP contribution in [0.1, 0.15) is 65.2 Å². The van der Waals surface area contributed by atoms with E-state index in [0.717, 1.165) is 38.5 Å². The minimum Gasteiger partial charge on any atom is -0.537 e. The van der Waals surface area contributed by atoms with Gasteiger partial charge in [-0.25, -0.2) is 0 Å². The molecule has 0 unspecified atom stereocenters. The van der Waals surface area contributed by atoms with Crippen LogP contribution in [0.5, 0.6) is 0 Å². The number of hydrogen-bond acceptors (Lipinski definition) is 4. The number of carbonyl (C=O) groups is 2. The summed E-state index contributed by atoms with van der Waals surface area (Å²) in [5, 5.41) is 19.5. The minimum absolute atomic E-state index is 0. The number of carboxylic acids is 2. The molecule has 0 aromatic rings. The van der Waals surface area contributed by atoms with E-state index in [-0.39, 0.29) is 23.9 Å². The van der Waals surface area contributed by atoms with Gasteiger partial charge in [0.25, 0.3) is 0 Å². The molecule has 21 heavy (non-hydrogen) atoms. The molecule has 0 saturated heterocycles. The summed E-state index contributed by atoms with van der Waals surface area (Å²) in [6, 6.07) is 0. The van der Waals surface area contributed by atoms with Gasteiger partial charge in [0.1, 0.15) is 11.9 Å². The van der Waals surface area contributed by atoms with Crippen molar-refractivity contribution < 1.29 is 19.8 Å². The van der Waals surface area contributed by atoms with E-state index >= 15 is 0 Å². The van der Waals surface area contributed by atoms with Crippen molar-refractivity contribution in [2.45, 2.75) is 65.2 Å². The summed E-state index contributed by atoms with van der Waals surface area (Å²) in [6.45, 7) is 4.18. The van der Waals surface area contributed by atoms with Gasteiger partial charge in [-0.3, -0.25) is 0 Å². The van der Waals surface area contributed by atoms with E-state index in [1.54, 1.807) is 0 Å². The molecule has 4 nitrogen and oxygen atoms in total. The van der Waals surface area contributed by atoms with Crippen LogP contribution in [0.15, 0.2) is 0 Å². The SMILES string of the molecule is CCCCCC#CC(=O)[O-].CCCCCC#CC(=O)[O-].[Sn+2]. The molecule has 0 N–H and O–H groups in total. The predicted octanol–water partition coefficient (Wildman–Crippen LogP) is 0.259. The summed E-state index contributed by atoms with van der Waals surface area (Å²) in [4.78, 5) is 19.5. The Labute approximate surface area is 144 Å². The molecule has 114 valence electrons. The Hall–Kier alpha value is -1.14. The zero-order valence-corrected chi connectivity index (χ0v) is 15.6. The number of carbonyl (C=O) groups excluding carboxylic acids is 2. The van der Waals surface area contributed by atoms with Gasteiger partial charge in [-0.05, 0) is 24.7 Å². The van der Waals surface area contributed by atoms with Crippen LogP contribution >= 0.6 is 0 Å². The van der Waals surface area contributed by atoms with E-state index in [2.05, 4.69) is 25.7 Å². The predicted molar refractivity (Wildman–Crippen MR) is 79.6 cm³/mol. The van der Waals surface area contributed by atoms with Crippen LogP contribution in [0.4, 0.5) is 0 Å². The summed E-state index contributed by atoms with van der Waals surface area (Å²) >= 11 is 0. The first-order chi connectivity index (χ1) is 9.54. The first-order valence-electron chi connectivity index (χ1n) is 6.94. The van der Waals surface area contributed by atoms with E-state index in [0.29, 0.717) is 12.8 Å². The van der Waals surface area contributed by atoms with Gasteiger partial charge < -0.3 is 19.8 Å². The fourth-order valence-electron chi connectivity index (χ4n) is 1.20. The molecule has 0 aromatic heterocycles. The summed E-state index contributed by atoms with van der Waals surface area (Å²) in [7, 11) is 0. The van der Waals surface area contributed by atoms with Crippen LogP contribution in [0.3, 0.4) is 0 Å². The monoisotopic (exact) mass is 398 g/mol. The molecule has 0 aliphatic carbocycles. The Kier molecular flexibility index (Phi) is 25.0. The smallest absolute Gasteiger partial charge is 0.537 e. The van der Waals surface area contributed by atoms with Crippen molar-refractivity contribution >= 4 is 35.8 Å². The Morgan fingerprint density at radius 3 is 1.33 bits per heavy atom. The molecule has 0 rings (SSSR count). The van der Waals surface area contributed by atoms with Crippen molar-refractivity contribution in [2.75, 3.05) is 0 Å².